The van der Waals surface area contributed by atoms with Crippen molar-refractivity contribution in [2.24, 2.45) is 0 Å². The lowest BCUT2D eigenvalue weighted by Crippen LogP contribution is -2.36. The molecule has 1 heterocycles. The van der Waals surface area contributed by atoms with E-state index in [4.69, 9.17) is 4.74 Å². The van der Waals surface area contributed by atoms with Crippen molar-refractivity contribution in [1.29, 1.82) is 0 Å². The molecule has 3 atom stereocenters. The van der Waals surface area contributed by atoms with Gasteiger partial charge in [0.2, 0.25) is 0 Å². The lowest BCUT2D eigenvalue weighted by atomic mass is 10.0. The molecule has 0 spiro atoms. The van der Waals surface area contributed by atoms with Gasteiger partial charge in [0.15, 0.2) is 0 Å². The van der Waals surface area contributed by atoms with E-state index in [1.807, 2.05) is 6.08 Å². The number of carbonyl (C=O) groups excluding carboxylic acids is 1. The molecule has 0 unspecified atom stereocenters. The summed E-state index contributed by atoms with van der Waals surface area (Å²) in [5.74, 6) is -0.296. The van der Waals surface area contributed by atoms with Crippen LogP contribution in [-0.4, -0.2) is 34.5 Å². The third-order valence-corrected chi connectivity index (χ3v) is 3.20. The molecule has 4 nitrogen and oxygen atoms in total. The standard InChI is InChI=1S/C14H24O4/c1-2-3-4-5-6-7-8-11(15)14(17)12-9-10-13(16)18-12/h7-8,11-12,14-15,17H,2-6,9-10H2,1H3/b8-7-/t11-,12+,14-/m1/s1. The molecule has 1 aliphatic heterocycles. The van der Waals surface area contributed by atoms with Crippen molar-refractivity contribution < 1.29 is 19.7 Å². The van der Waals surface area contributed by atoms with Crippen LogP contribution < -0.4 is 0 Å². The number of cyclic esters (lactones) is 1. The molecule has 0 amide bonds. The second-order valence-electron chi connectivity index (χ2n) is 4.83. The van der Waals surface area contributed by atoms with Gasteiger partial charge in [-0.05, 0) is 19.3 Å². The highest BCUT2D eigenvalue weighted by Gasteiger charge is 2.33. The first-order chi connectivity index (χ1) is 8.65. The van der Waals surface area contributed by atoms with Crippen LogP contribution in [0.1, 0.15) is 51.9 Å². The van der Waals surface area contributed by atoms with Crippen molar-refractivity contribution >= 4 is 5.97 Å². The fourth-order valence-corrected chi connectivity index (χ4v) is 2.05. The van der Waals surface area contributed by atoms with Gasteiger partial charge in [-0.2, -0.15) is 0 Å². The number of rotatable bonds is 8. The van der Waals surface area contributed by atoms with Crippen LogP contribution in [0.25, 0.3) is 0 Å². The van der Waals surface area contributed by atoms with Gasteiger partial charge in [-0.25, -0.2) is 0 Å². The number of ether oxygens (including phenoxy) is 1. The summed E-state index contributed by atoms with van der Waals surface area (Å²) < 4.78 is 4.92. The Morgan fingerprint density at radius 2 is 2.17 bits per heavy atom. The average Bonchev–Trinajstić information content (AvgIpc) is 2.79. The third-order valence-electron chi connectivity index (χ3n) is 3.20. The van der Waals surface area contributed by atoms with Gasteiger partial charge in [0.05, 0.1) is 0 Å². The maximum atomic E-state index is 10.9. The minimum Gasteiger partial charge on any atom is -0.459 e. The van der Waals surface area contributed by atoms with Crippen molar-refractivity contribution in [2.45, 2.75) is 70.2 Å². The number of allylic oxidation sites excluding steroid dienone is 1. The Hall–Kier alpha value is -0.870. The Morgan fingerprint density at radius 3 is 2.78 bits per heavy atom. The lowest BCUT2D eigenvalue weighted by Gasteiger charge is -2.19. The Morgan fingerprint density at radius 1 is 1.39 bits per heavy atom. The highest BCUT2D eigenvalue weighted by Crippen LogP contribution is 2.19. The van der Waals surface area contributed by atoms with Gasteiger partial charge in [0, 0.05) is 6.42 Å². The summed E-state index contributed by atoms with van der Waals surface area (Å²) in [6.07, 6.45) is 7.43. The van der Waals surface area contributed by atoms with E-state index >= 15 is 0 Å². The van der Waals surface area contributed by atoms with Crippen molar-refractivity contribution in [3.63, 3.8) is 0 Å². The zero-order chi connectivity index (χ0) is 13.4. The third kappa shape index (κ3) is 5.19. The van der Waals surface area contributed by atoms with Crippen LogP contribution in [0.5, 0.6) is 0 Å². The molecule has 0 aromatic rings. The van der Waals surface area contributed by atoms with Crippen LogP contribution in [-0.2, 0) is 9.53 Å². The summed E-state index contributed by atoms with van der Waals surface area (Å²) in [5.41, 5.74) is 0. The zero-order valence-corrected chi connectivity index (χ0v) is 11.0. The fraction of sp³-hybridized carbons (Fsp3) is 0.786. The Bertz CT molecular complexity index is 275. The van der Waals surface area contributed by atoms with Gasteiger partial charge in [-0.1, -0.05) is 38.3 Å². The highest BCUT2D eigenvalue weighted by molar-refractivity contribution is 5.71. The molecule has 1 rings (SSSR count). The second-order valence-corrected chi connectivity index (χ2v) is 4.83. The van der Waals surface area contributed by atoms with Crippen molar-refractivity contribution in [3.05, 3.63) is 12.2 Å². The molecule has 104 valence electrons. The molecule has 2 N–H and O–H groups in total. The number of esters is 1. The van der Waals surface area contributed by atoms with Gasteiger partial charge >= 0.3 is 5.97 Å². The molecular weight excluding hydrogens is 232 g/mol. The Kier molecular flexibility index (Phi) is 6.98. The minimum atomic E-state index is -1.01. The van der Waals surface area contributed by atoms with Crippen molar-refractivity contribution in [3.8, 4) is 0 Å². The highest BCUT2D eigenvalue weighted by atomic mass is 16.6. The molecule has 1 saturated heterocycles. The van der Waals surface area contributed by atoms with Crippen LogP contribution in [0.15, 0.2) is 12.2 Å². The number of aliphatic hydroxyl groups excluding tert-OH is 2. The minimum absolute atomic E-state index is 0.296. The first kappa shape index (κ1) is 15.2. The number of unbranched alkanes of at least 4 members (excludes halogenated alkanes) is 4. The van der Waals surface area contributed by atoms with E-state index in [2.05, 4.69) is 6.92 Å². The summed E-state index contributed by atoms with van der Waals surface area (Å²) in [4.78, 5) is 10.9. The SMILES string of the molecule is CCCCCC/C=C\[C@@H](O)[C@@H](O)[C@@H]1CCC(=O)O1. The normalized spacial score (nSPS) is 23.3. The zero-order valence-electron chi connectivity index (χ0n) is 11.0. The predicted octanol–water partition coefficient (Wildman–Crippen LogP) is 1.94. The second kappa shape index (κ2) is 8.27. The monoisotopic (exact) mass is 256 g/mol. The van der Waals surface area contributed by atoms with Gasteiger partial charge in [-0.15, -0.1) is 0 Å². The number of hydrogen-bond donors (Lipinski definition) is 2. The topological polar surface area (TPSA) is 66.8 Å². The van der Waals surface area contributed by atoms with Gasteiger partial charge < -0.3 is 14.9 Å². The van der Waals surface area contributed by atoms with E-state index in [0.717, 1.165) is 12.8 Å². The molecule has 0 bridgehead atoms. The van der Waals surface area contributed by atoms with E-state index in [1.165, 1.54) is 19.3 Å². The van der Waals surface area contributed by atoms with Gasteiger partial charge in [-0.3, -0.25) is 4.79 Å². The maximum absolute atomic E-state index is 10.9. The Balaban J connectivity index is 2.20. The molecule has 0 radical (unpaired) electrons. The van der Waals surface area contributed by atoms with Crippen LogP contribution in [0.3, 0.4) is 0 Å². The van der Waals surface area contributed by atoms with Crippen molar-refractivity contribution in [2.75, 3.05) is 0 Å². The van der Waals surface area contributed by atoms with Crippen LogP contribution in [0.2, 0.25) is 0 Å². The van der Waals surface area contributed by atoms with Crippen LogP contribution >= 0.6 is 0 Å². The average molecular weight is 256 g/mol. The molecule has 0 aromatic heterocycles. The first-order valence-electron chi connectivity index (χ1n) is 6.87. The van der Waals surface area contributed by atoms with Crippen molar-refractivity contribution in [1.82, 2.24) is 0 Å². The molecule has 4 heteroatoms. The predicted molar refractivity (Wildman–Crippen MR) is 69.0 cm³/mol. The summed E-state index contributed by atoms with van der Waals surface area (Å²) in [7, 11) is 0. The summed E-state index contributed by atoms with van der Waals surface area (Å²) in [6, 6.07) is 0. The number of hydrogen-bond acceptors (Lipinski definition) is 4. The van der Waals surface area contributed by atoms with E-state index in [9.17, 15) is 15.0 Å². The molecule has 0 aromatic carbocycles. The molecule has 1 fully saturated rings. The van der Waals surface area contributed by atoms with Gasteiger partial charge in [0.25, 0.3) is 0 Å². The summed E-state index contributed by atoms with van der Waals surface area (Å²) in [5, 5.41) is 19.5. The van der Waals surface area contributed by atoms with E-state index in [-0.39, 0.29) is 5.97 Å². The Labute approximate surface area is 109 Å². The van der Waals surface area contributed by atoms with Crippen LogP contribution in [0.4, 0.5) is 0 Å². The molecule has 0 saturated carbocycles. The maximum Gasteiger partial charge on any atom is 0.306 e. The van der Waals surface area contributed by atoms with E-state index in [1.54, 1.807) is 6.08 Å². The molecule has 0 aliphatic carbocycles. The van der Waals surface area contributed by atoms with Gasteiger partial charge in [0.1, 0.15) is 18.3 Å². The fourth-order valence-electron chi connectivity index (χ4n) is 2.05. The summed E-state index contributed by atoms with van der Waals surface area (Å²) in [6.45, 7) is 2.17. The smallest absolute Gasteiger partial charge is 0.306 e. The number of aliphatic hydroxyl groups is 2. The quantitative estimate of drug-likeness (QED) is 0.396. The largest absolute Gasteiger partial charge is 0.459 e. The summed E-state index contributed by atoms with van der Waals surface area (Å²) >= 11 is 0. The van der Waals surface area contributed by atoms with Crippen LogP contribution in [0, 0.1) is 0 Å². The first-order valence-corrected chi connectivity index (χ1v) is 6.87. The van der Waals surface area contributed by atoms with E-state index in [0.29, 0.717) is 12.8 Å². The number of carbonyl (C=O) groups is 1. The lowest BCUT2D eigenvalue weighted by molar-refractivity contribution is -0.147. The molecular formula is C14H24O4. The molecule has 18 heavy (non-hydrogen) atoms. The van der Waals surface area contributed by atoms with E-state index < -0.39 is 18.3 Å². The molecule has 1 aliphatic rings.